The monoisotopic (exact) mass is 460 g/mol. The zero-order valence-electron chi connectivity index (χ0n) is 18.3. The van der Waals surface area contributed by atoms with E-state index in [1.54, 1.807) is 51.7 Å². The summed E-state index contributed by atoms with van der Waals surface area (Å²) in [6.45, 7) is 9.21. The van der Waals surface area contributed by atoms with Gasteiger partial charge in [-0.05, 0) is 45.2 Å². The third-order valence-corrected chi connectivity index (χ3v) is 6.16. The summed E-state index contributed by atoms with van der Waals surface area (Å²) >= 11 is 12.8. The Kier molecular flexibility index (Phi) is 7.54. The number of rotatable bonds is 6. The number of halogens is 2. The number of likely N-dealkylation sites (tertiary alicyclic amines) is 1. The molecule has 0 spiro atoms. The first-order valence-corrected chi connectivity index (χ1v) is 10.4. The summed E-state index contributed by atoms with van der Waals surface area (Å²) in [5, 5.41) is 0.611. The third kappa shape index (κ3) is 5.31. The van der Waals surface area contributed by atoms with Gasteiger partial charge in [0.15, 0.2) is 6.79 Å². The van der Waals surface area contributed by atoms with Crippen molar-refractivity contribution in [2.45, 2.75) is 52.7 Å². The molecule has 1 saturated heterocycles. The molecule has 0 bridgehead atoms. The summed E-state index contributed by atoms with van der Waals surface area (Å²) in [7, 11) is 1.51. The quantitative estimate of drug-likeness (QED) is 0.616. The summed E-state index contributed by atoms with van der Waals surface area (Å²) < 4.78 is 16.3. The largest absolute Gasteiger partial charge is 0.467 e. The van der Waals surface area contributed by atoms with E-state index in [9.17, 15) is 9.59 Å². The van der Waals surface area contributed by atoms with E-state index in [0.717, 1.165) is 0 Å². The minimum absolute atomic E-state index is 0.000324. The first kappa shape index (κ1) is 24.6. The van der Waals surface area contributed by atoms with Gasteiger partial charge in [0.25, 0.3) is 0 Å². The molecule has 30 heavy (non-hydrogen) atoms. The predicted molar refractivity (Wildman–Crippen MR) is 116 cm³/mol. The number of benzene rings is 1. The van der Waals surface area contributed by atoms with E-state index in [0.29, 0.717) is 22.8 Å². The molecule has 1 fully saturated rings. The molecular weight excluding hydrogens is 431 g/mol. The number of primary amides is 1. The van der Waals surface area contributed by atoms with Crippen molar-refractivity contribution in [2.24, 2.45) is 17.1 Å². The van der Waals surface area contributed by atoms with E-state index < -0.39 is 29.1 Å². The van der Waals surface area contributed by atoms with Crippen LogP contribution >= 0.6 is 23.2 Å². The fraction of sp³-hybridized carbons (Fsp3) is 0.619. The summed E-state index contributed by atoms with van der Waals surface area (Å²) in [6, 6.07) is 2.79. The minimum Gasteiger partial charge on any atom is -0.467 e. The van der Waals surface area contributed by atoms with Gasteiger partial charge in [-0.1, -0.05) is 37.0 Å². The number of ether oxygens (including phenoxy) is 3. The van der Waals surface area contributed by atoms with E-state index >= 15 is 0 Å². The summed E-state index contributed by atoms with van der Waals surface area (Å²) in [5.41, 5.74) is 4.67. The number of methoxy groups -OCH3 is 1. The highest BCUT2D eigenvalue weighted by atomic mass is 35.5. The highest BCUT2D eigenvalue weighted by Crippen LogP contribution is 2.49. The van der Waals surface area contributed by atoms with E-state index in [2.05, 4.69) is 0 Å². The molecule has 9 heteroatoms. The molecule has 1 heterocycles. The van der Waals surface area contributed by atoms with Crippen LogP contribution in [-0.2, 0) is 14.3 Å². The van der Waals surface area contributed by atoms with Crippen LogP contribution in [0.25, 0.3) is 0 Å². The maximum atomic E-state index is 13.1. The van der Waals surface area contributed by atoms with Crippen LogP contribution in [0.2, 0.25) is 10.0 Å². The lowest BCUT2D eigenvalue weighted by Gasteiger charge is -2.30. The van der Waals surface area contributed by atoms with Crippen molar-refractivity contribution in [3.05, 3.63) is 27.7 Å². The van der Waals surface area contributed by atoms with Crippen LogP contribution in [0, 0.1) is 11.3 Å². The predicted octanol–water partition coefficient (Wildman–Crippen LogP) is 4.79. The lowest BCUT2D eigenvalue weighted by molar-refractivity contribution is -0.128. The van der Waals surface area contributed by atoms with Crippen molar-refractivity contribution in [3.8, 4) is 5.75 Å². The maximum Gasteiger partial charge on any atom is 0.410 e. The van der Waals surface area contributed by atoms with Crippen LogP contribution in [0.5, 0.6) is 5.75 Å². The molecule has 2 amide bonds. The number of nitrogens with two attached hydrogens (primary N) is 1. The molecule has 7 nitrogen and oxygen atoms in total. The molecule has 0 saturated carbocycles. The fourth-order valence-corrected chi connectivity index (χ4v) is 3.91. The van der Waals surface area contributed by atoms with Gasteiger partial charge < -0.3 is 24.8 Å². The highest BCUT2D eigenvalue weighted by Gasteiger charge is 2.48. The Balaban J connectivity index is 2.54. The maximum absolute atomic E-state index is 13.1. The number of hydrogen-bond acceptors (Lipinski definition) is 5. The number of nitrogens with zero attached hydrogens (tertiary/aromatic N) is 1. The van der Waals surface area contributed by atoms with Crippen LogP contribution in [0.4, 0.5) is 4.79 Å². The molecule has 2 rings (SSSR count). The second-order valence-corrected chi connectivity index (χ2v) is 9.78. The molecule has 1 aliphatic heterocycles. The van der Waals surface area contributed by atoms with Crippen LogP contribution in [0.1, 0.15) is 52.6 Å². The highest BCUT2D eigenvalue weighted by molar-refractivity contribution is 6.42. The van der Waals surface area contributed by atoms with Gasteiger partial charge in [-0.3, -0.25) is 4.79 Å². The molecule has 2 N–H and O–H groups in total. The first-order valence-electron chi connectivity index (χ1n) is 9.68. The normalized spacial score (nSPS) is 19.7. The Hall–Kier alpha value is -1.70. The molecular formula is C21H30Cl2N2O5. The average Bonchev–Trinajstić information content (AvgIpc) is 3.07. The molecule has 2 atom stereocenters. The Morgan fingerprint density at radius 3 is 2.37 bits per heavy atom. The molecule has 1 unspecified atom stereocenters. The standard InChI is InChI=1S/C21H30Cl2N2O5/c1-20(2,3)30-19(27)25-10-12(21(4,5)18(24)26)9-14(25)16-15(29-11-28-6)8-7-13(22)17(16)23/h7-8,12,14H,9-11H2,1-6H3,(H2,24,26)/t12?,14-/m1/s1. The zero-order valence-corrected chi connectivity index (χ0v) is 19.8. The second kappa shape index (κ2) is 9.20. The molecule has 0 radical (unpaired) electrons. The van der Waals surface area contributed by atoms with Gasteiger partial charge in [-0.15, -0.1) is 0 Å². The SMILES string of the molecule is COCOc1ccc(Cl)c(Cl)c1[C@H]1CC(C(C)(C)C(N)=O)CN1C(=O)OC(C)(C)C. The summed E-state index contributed by atoms with van der Waals surface area (Å²) in [4.78, 5) is 26.7. The van der Waals surface area contributed by atoms with Gasteiger partial charge in [-0.25, -0.2) is 4.79 Å². The Morgan fingerprint density at radius 1 is 1.20 bits per heavy atom. The van der Waals surface area contributed by atoms with Crippen LogP contribution in [-0.4, -0.2) is 42.9 Å². The molecule has 0 aromatic heterocycles. The van der Waals surface area contributed by atoms with E-state index in [1.807, 2.05) is 0 Å². The number of carbonyl (C=O) groups excluding carboxylic acids is 2. The third-order valence-electron chi connectivity index (χ3n) is 5.34. The van der Waals surface area contributed by atoms with Crippen LogP contribution < -0.4 is 10.5 Å². The van der Waals surface area contributed by atoms with Gasteiger partial charge in [0.1, 0.15) is 11.4 Å². The second-order valence-electron chi connectivity index (χ2n) is 8.99. The van der Waals surface area contributed by atoms with Gasteiger partial charge in [0.05, 0.1) is 16.1 Å². The molecule has 1 aliphatic rings. The molecule has 0 aliphatic carbocycles. The van der Waals surface area contributed by atoms with Gasteiger partial charge in [0, 0.05) is 24.6 Å². The van der Waals surface area contributed by atoms with E-state index in [-0.39, 0.29) is 24.3 Å². The first-order chi connectivity index (χ1) is 13.8. The lowest BCUT2D eigenvalue weighted by atomic mass is 9.76. The Bertz CT molecular complexity index is 807. The zero-order chi connectivity index (χ0) is 22.9. The van der Waals surface area contributed by atoms with Crippen LogP contribution in [0.15, 0.2) is 12.1 Å². The smallest absolute Gasteiger partial charge is 0.410 e. The Labute approximate surface area is 187 Å². The topological polar surface area (TPSA) is 91.1 Å². The van der Waals surface area contributed by atoms with Gasteiger partial charge in [-0.2, -0.15) is 0 Å². The molecule has 1 aromatic carbocycles. The number of amides is 2. The van der Waals surface area contributed by atoms with Gasteiger partial charge in [0.2, 0.25) is 5.91 Å². The van der Waals surface area contributed by atoms with E-state index in [4.69, 9.17) is 43.1 Å². The Morgan fingerprint density at radius 2 is 1.83 bits per heavy atom. The lowest BCUT2D eigenvalue weighted by Crippen LogP contribution is -2.41. The summed E-state index contributed by atoms with van der Waals surface area (Å²) in [5.74, 6) is -0.203. The van der Waals surface area contributed by atoms with Crippen molar-refractivity contribution in [1.82, 2.24) is 4.90 Å². The minimum atomic E-state index is -0.840. The summed E-state index contributed by atoms with van der Waals surface area (Å²) in [6.07, 6.45) is -0.0671. The number of hydrogen-bond donors (Lipinski definition) is 1. The molecule has 168 valence electrons. The fourth-order valence-electron chi connectivity index (χ4n) is 3.46. The van der Waals surface area contributed by atoms with Crippen LogP contribution in [0.3, 0.4) is 0 Å². The van der Waals surface area contributed by atoms with Gasteiger partial charge >= 0.3 is 6.09 Å². The van der Waals surface area contributed by atoms with Crippen molar-refractivity contribution < 1.29 is 23.8 Å². The van der Waals surface area contributed by atoms with Crippen molar-refractivity contribution in [2.75, 3.05) is 20.4 Å². The molecule has 1 aromatic rings. The van der Waals surface area contributed by atoms with Crippen molar-refractivity contribution in [3.63, 3.8) is 0 Å². The van der Waals surface area contributed by atoms with Crippen molar-refractivity contribution >= 4 is 35.2 Å². The van der Waals surface area contributed by atoms with Crippen molar-refractivity contribution in [1.29, 1.82) is 0 Å². The van der Waals surface area contributed by atoms with E-state index in [1.165, 1.54) is 7.11 Å². The number of carbonyl (C=O) groups is 2. The average molecular weight is 461 g/mol.